The number of aromatic nitrogens is 2. The Morgan fingerprint density at radius 1 is 1.38 bits per heavy atom. The Morgan fingerprint density at radius 2 is 2.24 bits per heavy atom. The fourth-order valence-electron chi connectivity index (χ4n) is 2.72. The van der Waals surface area contributed by atoms with Crippen LogP contribution in [0.25, 0.3) is 0 Å². The lowest BCUT2D eigenvalue weighted by Gasteiger charge is -2.30. The van der Waals surface area contributed by atoms with Crippen molar-refractivity contribution in [3.05, 3.63) is 46.5 Å². The Morgan fingerprint density at radius 3 is 3.00 bits per heavy atom. The fourth-order valence-corrected chi connectivity index (χ4v) is 3.25. The van der Waals surface area contributed by atoms with E-state index in [1.54, 1.807) is 0 Å². The van der Waals surface area contributed by atoms with Crippen molar-refractivity contribution in [2.75, 3.05) is 11.4 Å². The van der Waals surface area contributed by atoms with Crippen molar-refractivity contribution >= 4 is 21.6 Å². The normalized spacial score (nSPS) is 15.9. The van der Waals surface area contributed by atoms with Crippen LogP contribution in [-0.4, -0.2) is 22.1 Å². The average molecular weight is 349 g/mol. The largest absolute Gasteiger partial charge is 0.362 e. The summed E-state index contributed by atoms with van der Waals surface area (Å²) >= 11 is 3.69. The van der Waals surface area contributed by atoms with E-state index in [2.05, 4.69) is 61.7 Å². The van der Waals surface area contributed by atoms with E-state index in [1.807, 2.05) is 6.20 Å². The molecule has 1 aromatic heterocycles. The molecule has 1 atom stereocenters. The van der Waals surface area contributed by atoms with Crippen LogP contribution < -0.4 is 10.6 Å². The van der Waals surface area contributed by atoms with Crippen LogP contribution in [-0.2, 0) is 19.5 Å². The first-order valence-electron chi connectivity index (χ1n) is 7.46. The van der Waals surface area contributed by atoms with Gasteiger partial charge in [0.2, 0.25) is 0 Å². The minimum absolute atomic E-state index is 0.231. The van der Waals surface area contributed by atoms with Crippen LogP contribution in [0.15, 0.2) is 35.1 Å². The van der Waals surface area contributed by atoms with Crippen LogP contribution in [0.1, 0.15) is 24.7 Å². The lowest BCUT2D eigenvalue weighted by molar-refractivity contribution is 0.560. The highest BCUT2D eigenvalue weighted by molar-refractivity contribution is 9.10. The number of hydrogen-bond donors (Lipinski definition) is 1. The summed E-state index contributed by atoms with van der Waals surface area (Å²) in [5.74, 6) is 1.13. The zero-order chi connectivity index (χ0) is 14.8. The highest BCUT2D eigenvalue weighted by Crippen LogP contribution is 2.27. The molecule has 112 valence electrons. The van der Waals surface area contributed by atoms with Crippen molar-refractivity contribution in [2.45, 2.75) is 38.9 Å². The number of anilines is 1. The summed E-state index contributed by atoms with van der Waals surface area (Å²) in [4.78, 5) is 6.79. The van der Waals surface area contributed by atoms with Crippen molar-refractivity contribution in [3.63, 3.8) is 0 Å². The van der Waals surface area contributed by atoms with Gasteiger partial charge in [-0.15, -0.1) is 0 Å². The van der Waals surface area contributed by atoms with Gasteiger partial charge in [0, 0.05) is 41.7 Å². The molecule has 1 aliphatic heterocycles. The summed E-state index contributed by atoms with van der Waals surface area (Å²) in [6, 6.07) is 6.82. The van der Waals surface area contributed by atoms with Crippen LogP contribution >= 0.6 is 15.9 Å². The van der Waals surface area contributed by atoms with E-state index in [0.717, 1.165) is 42.8 Å². The van der Waals surface area contributed by atoms with Crippen molar-refractivity contribution in [3.8, 4) is 0 Å². The van der Waals surface area contributed by atoms with Gasteiger partial charge in [-0.3, -0.25) is 0 Å². The molecule has 0 saturated heterocycles. The molecule has 0 spiro atoms. The predicted octanol–water partition coefficient (Wildman–Crippen LogP) is 2.95. The van der Waals surface area contributed by atoms with Gasteiger partial charge < -0.3 is 15.2 Å². The number of fused-ring (bicyclic) bond motifs is 1. The maximum absolute atomic E-state index is 6.05. The van der Waals surface area contributed by atoms with Gasteiger partial charge in [-0.25, -0.2) is 4.98 Å². The highest BCUT2D eigenvalue weighted by atomic mass is 79.9. The Kier molecular flexibility index (Phi) is 4.31. The van der Waals surface area contributed by atoms with Gasteiger partial charge in [0.1, 0.15) is 5.82 Å². The molecule has 0 aliphatic carbocycles. The van der Waals surface area contributed by atoms with E-state index in [4.69, 9.17) is 5.73 Å². The fraction of sp³-hybridized carbons (Fsp3) is 0.438. The summed E-state index contributed by atoms with van der Waals surface area (Å²) in [7, 11) is 0. The van der Waals surface area contributed by atoms with Crippen LogP contribution in [0.2, 0.25) is 0 Å². The standard InChI is InChI=1S/C16H21BrN4/c1-2-13(18)9-12-3-4-14(10-15(12)17)21-8-7-20-6-5-19-16(20)11-21/h3-6,10,13H,2,7-9,11,18H2,1H3. The van der Waals surface area contributed by atoms with E-state index in [1.165, 1.54) is 11.3 Å². The smallest absolute Gasteiger partial charge is 0.128 e. The van der Waals surface area contributed by atoms with Gasteiger partial charge >= 0.3 is 0 Å². The number of nitrogens with zero attached hydrogens (tertiary/aromatic N) is 3. The molecule has 1 aliphatic rings. The van der Waals surface area contributed by atoms with Gasteiger partial charge in [0.15, 0.2) is 0 Å². The number of benzene rings is 1. The van der Waals surface area contributed by atoms with E-state index in [0.29, 0.717) is 0 Å². The molecular weight excluding hydrogens is 328 g/mol. The minimum atomic E-state index is 0.231. The van der Waals surface area contributed by atoms with E-state index < -0.39 is 0 Å². The molecule has 0 bridgehead atoms. The lowest BCUT2D eigenvalue weighted by atomic mass is 10.0. The van der Waals surface area contributed by atoms with Gasteiger partial charge in [-0.1, -0.05) is 28.9 Å². The molecular formula is C16H21BrN4. The summed E-state index contributed by atoms with van der Waals surface area (Å²) in [5.41, 5.74) is 8.58. The molecule has 4 nitrogen and oxygen atoms in total. The topological polar surface area (TPSA) is 47.1 Å². The predicted molar refractivity (Wildman–Crippen MR) is 89.4 cm³/mol. The first kappa shape index (κ1) is 14.6. The van der Waals surface area contributed by atoms with Gasteiger partial charge in [-0.05, 0) is 30.5 Å². The van der Waals surface area contributed by atoms with E-state index >= 15 is 0 Å². The summed E-state index contributed by atoms with van der Waals surface area (Å²) in [5, 5.41) is 0. The molecule has 0 saturated carbocycles. The van der Waals surface area contributed by atoms with E-state index in [-0.39, 0.29) is 6.04 Å². The van der Waals surface area contributed by atoms with E-state index in [9.17, 15) is 0 Å². The third-order valence-electron chi connectivity index (χ3n) is 4.15. The summed E-state index contributed by atoms with van der Waals surface area (Å²) < 4.78 is 3.37. The second-order valence-corrected chi connectivity index (χ2v) is 6.46. The molecule has 0 fully saturated rings. The van der Waals surface area contributed by atoms with Gasteiger partial charge in [0.25, 0.3) is 0 Å². The zero-order valence-corrected chi connectivity index (χ0v) is 13.9. The number of hydrogen-bond acceptors (Lipinski definition) is 3. The number of imidazole rings is 1. The number of nitrogens with two attached hydrogens (primary N) is 1. The van der Waals surface area contributed by atoms with Crippen LogP contribution in [0.5, 0.6) is 0 Å². The Balaban J connectivity index is 1.77. The maximum Gasteiger partial charge on any atom is 0.128 e. The van der Waals surface area contributed by atoms with Crippen molar-refractivity contribution in [1.29, 1.82) is 0 Å². The first-order chi connectivity index (χ1) is 10.2. The number of halogens is 1. The summed E-state index contributed by atoms with van der Waals surface area (Å²) in [6.07, 6.45) is 5.85. The molecule has 3 rings (SSSR count). The molecule has 1 aromatic carbocycles. The quantitative estimate of drug-likeness (QED) is 0.923. The molecule has 2 N–H and O–H groups in total. The van der Waals surface area contributed by atoms with Crippen LogP contribution in [0.3, 0.4) is 0 Å². The Labute approximate surface area is 134 Å². The van der Waals surface area contributed by atoms with Crippen molar-refractivity contribution < 1.29 is 0 Å². The second kappa shape index (κ2) is 6.20. The average Bonchev–Trinajstić information content (AvgIpc) is 2.96. The molecule has 5 heteroatoms. The molecule has 0 radical (unpaired) electrons. The number of rotatable bonds is 4. The minimum Gasteiger partial charge on any atom is -0.362 e. The third-order valence-corrected chi connectivity index (χ3v) is 4.89. The van der Waals surface area contributed by atoms with Crippen molar-refractivity contribution in [1.82, 2.24) is 9.55 Å². The maximum atomic E-state index is 6.05. The zero-order valence-electron chi connectivity index (χ0n) is 12.3. The lowest BCUT2D eigenvalue weighted by Crippen LogP contribution is -2.33. The molecule has 2 aromatic rings. The van der Waals surface area contributed by atoms with Crippen molar-refractivity contribution in [2.24, 2.45) is 5.73 Å². The monoisotopic (exact) mass is 348 g/mol. The molecule has 0 amide bonds. The third kappa shape index (κ3) is 3.14. The van der Waals surface area contributed by atoms with Crippen LogP contribution in [0, 0.1) is 0 Å². The van der Waals surface area contributed by atoms with Gasteiger partial charge in [0.05, 0.1) is 6.54 Å². The Bertz CT molecular complexity index is 622. The molecule has 1 unspecified atom stereocenters. The molecule has 21 heavy (non-hydrogen) atoms. The first-order valence-corrected chi connectivity index (χ1v) is 8.25. The van der Waals surface area contributed by atoms with Gasteiger partial charge in [-0.2, -0.15) is 0 Å². The second-order valence-electron chi connectivity index (χ2n) is 5.61. The highest BCUT2D eigenvalue weighted by Gasteiger charge is 2.17. The summed E-state index contributed by atoms with van der Waals surface area (Å²) in [6.45, 7) is 5.01. The Hall–Kier alpha value is -1.33. The molecule has 2 heterocycles. The van der Waals surface area contributed by atoms with Crippen LogP contribution in [0.4, 0.5) is 5.69 Å². The SMILES string of the molecule is CCC(N)Cc1ccc(N2CCn3ccnc3C2)cc1Br.